The third-order valence-electron chi connectivity index (χ3n) is 3.91. The summed E-state index contributed by atoms with van der Waals surface area (Å²) in [4.78, 5) is 46.3. The zero-order chi connectivity index (χ0) is 21.4. The first kappa shape index (κ1) is 22.0. The van der Waals surface area contributed by atoms with Gasteiger partial charge in [0.1, 0.15) is 0 Å². The standard InChI is InChI=1S/C19H18BrN3O6/c1-29-18(25)10-16(12-4-2-6-14(20)8-12)22-17(24)11-21-19(26)13-5-3-7-15(9-13)23(27)28/h2-9,16H,10-11H2,1H3,(H,21,26)(H,22,24). The number of hydrogen-bond acceptors (Lipinski definition) is 6. The van der Waals surface area contributed by atoms with E-state index >= 15 is 0 Å². The highest BCUT2D eigenvalue weighted by Gasteiger charge is 2.20. The van der Waals surface area contributed by atoms with Gasteiger partial charge < -0.3 is 15.4 Å². The molecule has 152 valence electrons. The van der Waals surface area contributed by atoms with Gasteiger partial charge in [0.05, 0.1) is 31.0 Å². The van der Waals surface area contributed by atoms with Crippen LogP contribution in [0.5, 0.6) is 0 Å². The average Bonchev–Trinajstić information content (AvgIpc) is 2.71. The minimum atomic E-state index is -0.651. The van der Waals surface area contributed by atoms with Crippen LogP contribution in [0.15, 0.2) is 53.0 Å². The van der Waals surface area contributed by atoms with Crippen molar-refractivity contribution in [2.24, 2.45) is 0 Å². The Hall–Kier alpha value is -3.27. The number of non-ortho nitro benzene ring substituents is 1. The fourth-order valence-electron chi connectivity index (χ4n) is 2.49. The number of rotatable bonds is 8. The molecular formula is C19H18BrN3O6. The van der Waals surface area contributed by atoms with Crippen LogP contribution >= 0.6 is 15.9 Å². The fourth-order valence-corrected chi connectivity index (χ4v) is 2.91. The van der Waals surface area contributed by atoms with E-state index < -0.39 is 28.7 Å². The number of halogens is 1. The predicted molar refractivity (Wildman–Crippen MR) is 107 cm³/mol. The van der Waals surface area contributed by atoms with Crippen molar-refractivity contribution >= 4 is 39.4 Å². The molecule has 29 heavy (non-hydrogen) atoms. The second kappa shape index (κ2) is 10.3. The first-order valence-electron chi connectivity index (χ1n) is 8.44. The van der Waals surface area contributed by atoms with Crippen molar-refractivity contribution in [1.29, 1.82) is 0 Å². The average molecular weight is 464 g/mol. The van der Waals surface area contributed by atoms with Crippen molar-refractivity contribution in [3.05, 3.63) is 74.2 Å². The molecule has 2 N–H and O–H groups in total. The first-order chi connectivity index (χ1) is 13.8. The van der Waals surface area contributed by atoms with Gasteiger partial charge in [0.25, 0.3) is 11.6 Å². The number of methoxy groups -OCH3 is 1. The fraction of sp³-hybridized carbons (Fsp3) is 0.211. The third-order valence-corrected chi connectivity index (χ3v) is 4.41. The lowest BCUT2D eigenvalue weighted by Gasteiger charge is -2.18. The van der Waals surface area contributed by atoms with Gasteiger partial charge in [-0.05, 0) is 23.8 Å². The molecule has 0 aromatic heterocycles. The summed E-state index contributed by atoms with van der Waals surface area (Å²) in [6.07, 6.45) is -0.0858. The highest BCUT2D eigenvalue weighted by Crippen LogP contribution is 2.21. The smallest absolute Gasteiger partial charge is 0.307 e. The summed E-state index contributed by atoms with van der Waals surface area (Å²) in [5, 5.41) is 15.9. The van der Waals surface area contributed by atoms with E-state index in [1.165, 1.54) is 25.3 Å². The molecule has 2 aromatic carbocycles. The van der Waals surface area contributed by atoms with Gasteiger partial charge in [-0.25, -0.2) is 0 Å². The van der Waals surface area contributed by atoms with Crippen molar-refractivity contribution < 1.29 is 24.0 Å². The maximum absolute atomic E-state index is 12.3. The van der Waals surface area contributed by atoms with E-state index in [1.54, 1.807) is 24.3 Å². The van der Waals surface area contributed by atoms with Crippen molar-refractivity contribution in [3.8, 4) is 0 Å². The van der Waals surface area contributed by atoms with Crippen LogP contribution in [-0.4, -0.2) is 36.4 Å². The number of nitrogens with zero attached hydrogens (tertiary/aromatic N) is 1. The quantitative estimate of drug-likeness (QED) is 0.351. The lowest BCUT2D eigenvalue weighted by Crippen LogP contribution is -2.39. The normalized spacial score (nSPS) is 11.2. The number of nitrogens with one attached hydrogen (secondary N) is 2. The van der Waals surface area contributed by atoms with Gasteiger partial charge in [0.15, 0.2) is 0 Å². The molecule has 1 unspecified atom stereocenters. The number of carbonyl (C=O) groups is 3. The van der Waals surface area contributed by atoms with Crippen LogP contribution in [0.2, 0.25) is 0 Å². The third kappa shape index (κ3) is 6.68. The number of amides is 2. The van der Waals surface area contributed by atoms with Crippen LogP contribution in [-0.2, 0) is 14.3 Å². The Labute approximate surface area is 174 Å². The molecule has 2 aromatic rings. The molecule has 0 aliphatic heterocycles. The van der Waals surface area contributed by atoms with Crippen molar-refractivity contribution in [3.63, 3.8) is 0 Å². The SMILES string of the molecule is COC(=O)CC(NC(=O)CNC(=O)c1cccc([N+](=O)[O-])c1)c1cccc(Br)c1. The van der Waals surface area contributed by atoms with E-state index in [-0.39, 0.29) is 24.2 Å². The zero-order valence-electron chi connectivity index (χ0n) is 15.4. The Morgan fingerprint density at radius 1 is 1.17 bits per heavy atom. The zero-order valence-corrected chi connectivity index (χ0v) is 17.0. The van der Waals surface area contributed by atoms with Crippen molar-refractivity contribution in [2.45, 2.75) is 12.5 Å². The topological polar surface area (TPSA) is 128 Å². The summed E-state index contributed by atoms with van der Waals surface area (Å²) < 4.78 is 5.45. The number of esters is 1. The minimum absolute atomic E-state index is 0.0603. The summed E-state index contributed by atoms with van der Waals surface area (Å²) >= 11 is 3.34. The Balaban J connectivity index is 2.02. The Morgan fingerprint density at radius 2 is 1.90 bits per heavy atom. The molecule has 2 amide bonds. The molecule has 9 nitrogen and oxygen atoms in total. The molecule has 0 aliphatic rings. The number of nitro benzene ring substituents is 1. The van der Waals surface area contributed by atoms with Crippen LogP contribution in [0, 0.1) is 10.1 Å². The monoisotopic (exact) mass is 463 g/mol. The van der Waals surface area contributed by atoms with Gasteiger partial charge in [-0.15, -0.1) is 0 Å². The number of ether oxygens (including phenoxy) is 1. The van der Waals surface area contributed by atoms with Gasteiger partial charge in [0, 0.05) is 22.2 Å². The van der Waals surface area contributed by atoms with Crippen LogP contribution in [0.4, 0.5) is 5.69 Å². The summed E-state index contributed by atoms with van der Waals surface area (Å²) in [6, 6.07) is 11.6. The van der Waals surface area contributed by atoms with Gasteiger partial charge in [-0.2, -0.15) is 0 Å². The lowest BCUT2D eigenvalue weighted by atomic mass is 10.0. The van der Waals surface area contributed by atoms with E-state index in [4.69, 9.17) is 0 Å². The molecular weight excluding hydrogens is 446 g/mol. The molecule has 1 atom stereocenters. The first-order valence-corrected chi connectivity index (χ1v) is 9.23. The van der Waals surface area contributed by atoms with Crippen molar-refractivity contribution in [2.75, 3.05) is 13.7 Å². The Kier molecular flexibility index (Phi) is 7.84. The maximum atomic E-state index is 12.3. The van der Waals surface area contributed by atoms with Gasteiger partial charge >= 0.3 is 5.97 Å². The van der Waals surface area contributed by atoms with E-state index in [0.29, 0.717) is 5.56 Å². The molecule has 0 saturated heterocycles. The highest BCUT2D eigenvalue weighted by atomic mass is 79.9. The number of carbonyl (C=O) groups excluding carboxylic acids is 3. The summed E-state index contributed by atoms with van der Waals surface area (Å²) in [5.41, 5.74) is 0.517. The molecule has 0 radical (unpaired) electrons. The Bertz CT molecular complexity index is 934. The minimum Gasteiger partial charge on any atom is -0.469 e. The Morgan fingerprint density at radius 3 is 2.55 bits per heavy atom. The highest BCUT2D eigenvalue weighted by molar-refractivity contribution is 9.10. The second-order valence-electron chi connectivity index (χ2n) is 5.95. The maximum Gasteiger partial charge on any atom is 0.307 e. The predicted octanol–water partition coefficient (Wildman–Crippen LogP) is 2.51. The molecule has 0 spiro atoms. The van der Waals surface area contributed by atoms with Gasteiger partial charge in [0.2, 0.25) is 5.91 Å². The lowest BCUT2D eigenvalue weighted by molar-refractivity contribution is -0.384. The summed E-state index contributed by atoms with van der Waals surface area (Å²) in [5.74, 6) is -1.66. The van der Waals surface area contributed by atoms with E-state index in [0.717, 1.165) is 10.5 Å². The van der Waals surface area contributed by atoms with Gasteiger partial charge in [-0.3, -0.25) is 24.5 Å². The number of hydrogen-bond donors (Lipinski definition) is 2. The van der Waals surface area contributed by atoms with Crippen molar-refractivity contribution in [1.82, 2.24) is 10.6 Å². The molecule has 0 fully saturated rings. The summed E-state index contributed by atoms with van der Waals surface area (Å²) in [6.45, 7) is -0.368. The van der Waals surface area contributed by atoms with E-state index in [2.05, 4.69) is 31.3 Å². The van der Waals surface area contributed by atoms with Gasteiger partial charge in [-0.1, -0.05) is 34.1 Å². The molecule has 0 bridgehead atoms. The number of benzene rings is 2. The molecule has 10 heteroatoms. The van der Waals surface area contributed by atoms with Crippen LogP contribution < -0.4 is 10.6 Å². The largest absolute Gasteiger partial charge is 0.469 e. The van der Waals surface area contributed by atoms with Crippen LogP contribution in [0.1, 0.15) is 28.4 Å². The molecule has 2 rings (SSSR count). The van der Waals surface area contributed by atoms with Crippen LogP contribution in [0.25, 0.3) is 0 Å². The van der Waals surface area contributed by atoms with E-state index in [9.17, 15) is 24.5 Å². The molecule has 0 heterocycles. The van der Waals surface area contributed by atoms with E-state index in [1.807, 2.05) is 0 Å². The second-order valence-corrected chi connectivity index (χ2v) is 6.86. The van der Waals surface area contributed by atoms with Crippen LogP contribution in [0.3, 0.4) is 0 Å². The molecule has 0 saturated carbocycles. The molecule has 0 aliphatic carbocycles. The summed E-state index contributed by atoms with van der Waals surface area (Å²) in [7, 11) is 1.25. The number of nitro groups is 1.